The Balaban J connectivity index is 1.33. The number of piperidine rings is 1. The number of ether oxygens (including phenoxy) is 1. The maximum Gasteiger partial charge on any atom is 0.391 e. The van der Waals surface area contributed by atoms with Crippen molar-refractivity contribution in [3.05, 3.63) is 48.0 Å². The average molecular weight is 491 g/mol. The van der Waals surface area contributed by atoms with Gasteiger partial charge in [0.1, 0.15) is 5.75 Å². The first-order chi connectivity index (χ1) is 16.7. The fraction of sp³-hybridized carbons (Fsp3) is 0.440. The molecule has 2 saturated heterocycles. The molecule has 10 heteroatoms. The summed E-state index contributed by atoms with van der Waals surface area (Å²) in [7, 11) is 1.55. The lowest BCUT2D eigenvalue weighted by Gasteiger charge is -2.34. The van der Waals surface area contributed by atoms with E-state index in [0.717, 1.165) is 22.6 Å². The van der Waals surface area contributed by atoms with Crippen molar-refractivity contribution in [2.45, 2.75) is 32.0 Å². The van der Waals surface area contributed by atoms with Gasteiger partial charge in [-0.3, -0.25) is 9.59 Å². The van der Waals surface area contributed by atoms with Gasteiger partial charge in [-0.05, 0) is 42.7 Å². The van der Waals surface area contributed by atoms with Gasteiger partial charge in [-0.1, -0.05) is 12.1 Å². The van der Waals surface area contributed by atoms with E-state index < -0.39 is 12.1 Å². The smallest absolute Gasteiger partial charge is 0.391 e. The van der Waals surface area contributed by atoms with Crippen LogP contribution in [0.5, 0.6) is 5.75 Å². The first kappa shape index (κ1) is 24.7. The van der Waals surface area contributed by atoms with E-state index in [-0.39, 0.29) is 37.0 Å². The Hall–Kier alpha value is -3.43. The van der Waals surface area contributed by atoms with Crippen molar-refractivity contribution in [3.63, 3.8) is 0 Å². The zero-order chi connectivity index (χ0) is 25.0. The average Bonchev–Trinajstić information content (AvgIpc) is 3.29. The summed E-state index contributed by atoms with van der Waals surface area (Å²) >= 11 is 0. The Morgan fingerprint density at radius 2 is 1.86 bits per heavy atom. The highest BCUT2D eigenvalue weighted by atomic mass is 19.4. The second-order valence-electron chi connectivity index (χ2n) is 8.93. The van der Waals surface area contributed by atoms with Crippen molar-refractivity contribution in [1.82, 2.24) is 10.6 Å². The number of amides is 2. The molecule has 2 aliphatic rings. The number of nitrogens with one attached hydrogen (secondary N) is 3. The maximum atomic E-state index is 13.0. The minimum Gasteiger partial charge on any atom is -0.494 e. The molecule has 2 aromatic rings. The summed E-state index contributed by atoms with van der Waals surface area (Å²) in [6.07, 6.45) is -3.73. The van der Waals surface area contributed by atoms with E-state index in [4.69, 9.17) is 4.74 Å². The van der Waals surface area contributed by atoms with Gasteiger partial charge in [0.15, 0.2) is 0 Å². The van der Waals surface area contributed by atoms with Gasteiger partial charge in [0, 0.05) is 50.0 Å². The van der Waals surface area contributed by atoms with Gasteiger partial charge >= 0.3 is 6.18 Å². The Morgan fingerprint density at radius 3 is 2.46 bits per heavy atom. The standard InChI is InChI=1S/C25H29F3N4O3/c1-35-22-13-20(32-10-8-18(9-11-32)25(26,27)28)6-7-21(22)31-19-4-2-16(3-5-19)14-30-24(34)17-12-23(33)29-15-17/h2-7,13,17-18,31H,8-12,14-15H2,1H3,(H,29,33)(H,30,34). The molecule has 0 spiro atoms. The summed E-state index contributed by atoms with van der Waals surface area (Å²) < 4.78 is 44.4. The minimum atomic E-state index is -4.13. The number of carbonyl (C=O) groups is 2. The maximum absolute atomic E-state index is 13.0. The van der Waals surface area contributed by atoms with E-state index in [1.807, 2.05) is 47.4 Å². The van der Waals surface area contributed by atoms with Crippen molar-refractivity contribution in [3.8, 4) is 5.75 Å². The highest BCUT2D eigenvalue weighted by molar-refractivity contribution is 5.89. The third-order valence-corrected chi connectivity index (χ3v) is 6.56. The number of carbonyl (C=O) groups excluding carboxylic acids is 2. The van der Waals surface area contributed by atoms with Crippen LogP contribution in [0.4, 0.5) is 30.2 Å². The lowest BCUT2D eigenvalue weighted by atomic mass is 9.96. The van der Waals surface area contributed by atoms with E-state index in [2.05, 4.69) is 16.0 Å². The second kappa shape index (κ2) is 10.5. The van der Waals surface area contributed by atoms with Crippen LogP contribution in [0.1, 0.15) is 24.8 Å². The molecule has 35 heavy (non-hydrogen) atoms. The summed E-state index contributed by atoms with van der Waals surface area (Å²) in [5, 5.41) is 8.81. The largest absolute Gasteiger partial charge is 0.494 e. The van der Waals surface area contributed by atoms with Crippen LogP contribution < -0.4 is 25.6 Å². The van der Waals surface area contributed by atoms with Crippen molar-refractivity contribution in [2.24, 2.45) is 11.8 Å². The molecule has 0 radical (unpaired) electrons. The van der Waals surface area contributed by atoms with Crippen molar-refractivity contribution in [1.29, 1.82) is 0 Å². The zero-order valence-electron chi connectivity index (χ0n) is 19.5. The Labute approximate surface area is 202 Å². The molecule has 1 atom stereocenters. The summed E-state index contributed by atoms with van der Waals surface area (Å²) in [5.74, 6) is -1.21. The topological polar surface area (TPSA) is 82.7 Å². The molecule has 7 nitrogen and oxygen atoms in total. The molecule has 2 aromatic carbocycles. The normalized spacial score (nSPS) is 18.8. The molecule has 2 aliphatic heterocycles. The highest BCUT2D eigenvalue weighted by Crippen LogP contribution is 2.37. The van der Waals surface area contributed by atoms with Crippen molar-refractivity contribution < 1.29 is 27.5 Å². The Bertz CT molecular complexity index is 1050. The van der Waals surface area contributed by atoms with Gasteiger partial charge in [0.05, 0.1) is 24.6 Å². The molecule has 0 saturated carbocycles. The molecule has 2 heterocycles. The quantitative estimate of drug-likeness (QED) is 0.547. The molecule has 1 unspecified atom stereocenters. The molecule has 3 N–H and O–H groups in total. The second-order valence-corrected chi connectivity index (χ2v) is 8.93. The first-order valence-corrected chi connectivity index (χ1v) is 11.6. The van der Waals surface area contributed by atoms with Crippen molar-refractivity contribution in [2.75, 3.05) is 37.0 Å². The predicted octanol–water partition coefficient (Wildman–Crippen LogP) is 3.97. The molecule has 2 fully saturated rings. The molecular weight excluding hydrogens is 461 g/mol. The number of hydrogen-bond donors (Lipinski definition) is 3. The number of halogens is 3. The SMILES string of the molecule is COc1cc(N2CCC(C(F)(F)F)CC2)ccc1Nc1ccc(CNC(=O)C2CNC(=O)C2)cc1. The fourth-order valence-electron chi connectivity index (χ4n) is 4.43. The lowest BCUT2D eigenvalue weighted by molar-refractivity contribution is -0.179. The van der Waals surface area contributed by atoms with Gasteiger partial charge in [-0.15, -0.1) is 0 Å². The lowest BCUT2D eigenvalue weighted by Crippen LogP contribution is -2.39. The highest BCUT2D eigenvalue weighted by Gasteiger charge is 2.41. The van der Waals surface area contributed by atoms with Crippen LogP contribution in [0, 0.1) is 11.8 Å². The van der Waals surface area contributed by atoms with Crippen LogP contribution in [0.3, 0.4) is 0 Å². The van der Waals surface area contributed by atoms with E-state index in [0.29, 0.717) is 31.9 Å². The predicted molar refractivity (Wildman–Crippen MR) is 127 cm³/mol. The molecule has 0 aliphatic carbocycles. The molecular formula is C25H29F3N4O3. The summed E-state index contributed by atoms with van der Waals surface area (Å²) in [6.45, 7) is 1.45. The number of methoxy groups -OCH3 is 1. The molecule has 188 valence electrons. The number of anilines is 3. The summed E-state index contributed by atoms with van der Waals surface area (Å²) in [6, 6.07) is 13.1. The van der Waals surface area contributed by atoms with E-state index >= 15 is 0 Å². The number of alkyl halides is 3. The number of hydrogen-bond acceptors (Lipinski definition) is 5. The molecule has 0 aromatic heterocycles. The van der Waals surface area contributed by atoms with Gasteiger partial charge in [0.2, 0.25) is 11.8 Å². The Kier molecular flexibility index (Phi) is 7.37. The van der Waals surface area contributed by atoms with Gasteiger partial charge in [-0.25, -0.2) is 0 Å². The summed E-state index contributed by atoms with van der Waals surface area (Å²) in [4.78, 5) is 25.4. The third-order valence-electron chi connectivity index (χ3n) is 6.56. The van der Waals surface area contributed by atoms with Crippen molar-refractivity contribution >= 4 is 28.9 Å². The van der Waals surface area contributed by atoms with Crippen LogP contribution in [-0.4, -0.2) is 44.7 Å². The molecule has 4 rings (SSSR count). The number of nitrogens with zero attached hydrogens (tertiary/aromatic N) is 1. The Morgan fingerprint density at radius 1 is 1.14 bits per heavy atom. The summed E-state index contributed by atoms with van der Waals surface area (Å²) in [5.41, 5.74) is 3.31. The number of benzene rings is 2. The van der Waals surface area contributed by atoms with E-state index in [9.17, 15) is 22.8 Å². The van der Waals surface area contributed by atoms with Gasteiger partial charge in [-0.2, -0.15) is 13.2 Å². The van der Waals surface area contributed by atoms with Crippen LogP contribution in [0.2, 0.25) is 0 Å². The number of rotatable bonds is 7. The van der Waals surface area contributed by atoms with E-state index in [1.165, 1.54) is 0 Å². The van der Waals surface area contributed by atoms with Crippen LogP contribution in [0.25, 0.3) is 0 Å². The first-order valence-electron chi connectivity index (χ1n) is 11.6. The molecule has 2 amide bonds. The van der Waals surface area contributed by atoms with Crippen LogP contribution in [-0.2, 0) is 16.1 Å². The third kappa shape index (κ3) is 6.17. The zero-order valence-corrected chi connectivity index (χ0v) is 19.5. The van der Waals surface area contributed by atoms with Gasteiger partial charge in [0.25, 0.3) is 0 Å². The molecule has 0 bridgehead atoms. The van der Waals surface area contributed by atoms with Crippen LogP contribution in [0.15, 0.2) is 42.5 Å². The van der Waals surface area contributed by atoms with Crippen LogP contribution >= 0.6 is 0 Å². The van der Waals surface area contributed by atoms with E-state index in [1.54, 1.807) is 7.11 Å². The monoisotopic (exact) mass is 490 g/mol. The van der Waals surface area contributed by atoms with Gasteiger partial charge < -0.3 is 25.6 Å². The minimum absolute atomic E-state index is 0.0916. The fourth-order valence-corrected chi connectivity index (χ4v) is 4.43.